The monoisotopic (exact) mass is 338 g/mol. The number of rotatable bonds is 5. The van der Waals surface area contributed by atoms with E-state index in [0.717, 1.165) is 19.4 Å². The van der Waals surface area contributed by atoms with Crippen molar-refractivity contribution in [3.8, 4) is 11.5 Å². The van der Waals surface area contributed by atoms with Crippen LogP contribution in [0, 0.1) is 0 Å². The summed E-state index contributed by atoms with van der Waals surface area (Å²) in [6, 6.07) is 5.43. The van der Waals surface area contributed by atoms with Crippen LogP contribution in [0.15, 0.2) is 23.1 Å². The Morgan fingerprint density at radius 1 is 1.30 bits per heavy atom. The van der Waals surface area contributed by atoms with Gasteiger partial charge in [-0.3, -0.25) is 9.00 Å². The quantitative estimate of drug-likeness (QED) is 0.863. The second-order valence-corrected chi connectivity index (χ2v) is 7.29. The Labute approximate surface area is 138 Å². The Morgan fingerprint density at radius 3 is 2.87 bits per heavy atom. The van der Waals surface area contributed by atoms with Crippen molar-refractivity contribution in [2.24, 2.45) is 5.73 Å². The van der Waals surface area contributed by atoms with E-state index in [0.29, 0.717) is 41.9 Å². The standard InChI is InChI=1S/C16H22N2O4S/c17-11-12-2-1-6-18(12)16(19)5-9-23(20)13-3-4-14-15(10-13)22-8-7-21-14/h3-4,10,12H,1-2,5-9,11,17H2. The van der Waals surface area contributed by atoms with E-state index >= 15 is 0 Å². The fourth-order valence-corrected chi connectivity index (χ4v) is 4.07. The zero-order valence-electron chi connectivity index (χ0n) is 13.0. The predicted molar refractivity (Wildman–Crippen MR) is 87.1 cm³/mol. The summed E-state index contributed by atoms with van der Waals surface area (Å²) in [5.74, 6) is 1.66. The first kappa shape index (κ1) is 16.3. The minimum absolute atomic E-state index is 0.0452. The largest absolute Gasteiger partial charge is 0.486 e. The van der Waals surface area contributed by atoms with Crippen LogP contribution >= 0.6 is 0 Å². The van der Waals surface area contributed by atoms with Crippen LogP contribution in [0.3, 0.4) is 0 Å². The molecule has 1 aromatic rings. The Balaban J connectivity index is 1.58. The average Bonchev–Trinajstić information content (AvgIpc) is 3.07. The van der Waals surface area contributed by atoms with Gasteiger partial charge in [-0.1, -0.05) is 0 Å². The number of carbonyl (C=O) groups is 1. The summed E-state index contributed by atoms with van der Waals surface area (Å²) in [4.78, 5) is 14.8. The summed E-state index contributed by atoms with van der Waals surface area (Å²) >= 11 is 0. The van der Waals surface area contributed by atoms with Gasteiger partial charge < -0.3 is 20.1 Å². The molecule has 0 spiro atoms. The zero-order chi connectivity index (χ0) is 16.2. The van der Waals surface area contributed by atoms with Crippen LogP contribution in [0.5, 0.6) is 11.5 Å². The first-order valence-corrected chi connectivity index (χ1v) is 9.28. The van der Waals surface area contributed by atoms with Gasteiger partial charge in [-0.05, 0) is 25.0 Å². The van der Waals surface area contributed by atoms with Crippen molar-refractivity contribution in [2.75, 3.05) is 32.1 Å². The summed E-state index contributed by atoms with van der Waals surface area (Å²) in [7, 11) is -1.23. The van der Waals surface area contributed by atoms with Gasteiger partial charge in [0.1, 0.15) is 13.2 Å². The van der Waals surface area contributed by atoms with Crippen molar-refractivity contribution in [2.45, 2.75) is 30.2 Å². The maximum Gasteiger partial charge on any atom is 0.223 e. The molecule has 0 saturated carbocycles. The molecule has 2 aliphatic heterocycles. The van der Waals surface area contributed by atoms with Gasteiger partial charge in [0.05, 0.1) is 10.8 Å². The number of amides is 1. The second-order valence-electron chi connectivity index (χ2n) is 5.72. The third kappa shape index (κ3) is 3.67. The lowest BCUT2D eigenvalue weighted by Crippen LogP contribution is -2.40. The maximum absolute atomic E-state index is 12.4. The SMILES string of the molecule is NCC1CCCN1C(=O)CCS(=O)c1ccc2c(c1)OCCO2. The van der Waals surface area contributed by atoms with Crippen molar-refractivity contribution in [3.05, 3.63) is 18.2 Å². The van der Waals surface area contributed by atoms with Gasteiger partial charge in [-0.2, -0.15) is 0 Å². The van der Waals surface area contributed by atoms with E-state index in [1.165, 1.54) is 0 Å². The van der Waals surface area contributed by atoms with E-state index in [9.17, 15) is 9.00 Å². The highest BCUT2D eigenvalue weighted by molar-refractivity contribution is 7.85. The average molecular weight is 338 g/mol. The third-order valence-electron chi connectivity index (χ3n) is 4.25. The van der Waals surface area contributed by atoms with Crippen LogP contribution in [0.2, 0.25) is 0 Å². The number of nitrogens with two attached hydrogens (primary N) is 1. The molecule has 2 aliphatic rings. The van der Waals surface area contributed by atoms with Crippen LogP contribution in [0.25, 0.3) is 0 Å². The maximum atomic E-state index is 12.4. The molecular formula is C16H22N2O4S. The minimum Gasteiger partial charge on any atom is -0.486 e. The van der Waals surface area contributed by atoms with Gasteiger partial charge in [0.15, 0.2) is 11.5 Å². The van der Waals surface area contributed by atoms with Crippen molar-refractivity contribution >= 4 is 16.7 Å². The number of carbonyl (C=O) groups excluding carboxylic acids is 1. The first-order chi connectivity index (χ1) is 11.2. The van der Waals surface area contributed by atoms with Crippen molar-refractivity contribution < 1.29 is 18.5 Å². The van der Waals surface area contributed by atoms with Gasteiger partial charge in [-0.15, -0.1) is 0 Å². The van der Waals surface area contributed by atoms with Gasteiger partial charge >= 0.3 is 0 Å². The number of hydrogen-bond donors (Lipinski definition) is 1. The van der Waals surface area contributed by atoms with Gasteiger partial charge in [-0.25, -0.2) is 0 Å². The Morgan fingerprint density at radius 2 is 2.09 bits per heavy atom. The van der Waals surface area contributed by atoms with E-state index in [1.54, 1.807) is 18.2 Å². The molecular weight excluding hydrogens is 316 g/mol. The molecule has 2 unspecified atom stereocenters. The number of ether oxygens (including phenoxy) is 2. The highest BCUT2D eigenvalue weighted by Crippen LogP contribution is 2.31. The Hall–Kier alpha value is -1.60. The zero-order valence-corrected chi connectivity index (χ0v) is 13.8. The predicted octanol–water partition coefficient (Wildman–Crippen LogP) is 0.905. The highest BCUT2D eigenvalue weighted by atomic mass is 32.2. The molecule has 126 valence electrons. The fourth-order valence-electron chi connectivity index (χ4n) is 3.02. The lowest BCUT2D eigenvalue weighted by atomic mass is 10.2. The molecule has 2 N–H and O–H groups in total. The van der Waals surface area contributed by atoms with E-state index in [-0.39, 0.29) is 18.4 Å². The number of likely N-dealkylation sites (tertiary alicyclic amines) is 1. The first-order valence-electron chi connectivity index (χ1n) is 7.96. The van der Waals surface area contributed by atoms with Gasteiger partial charge in [0.2, 0.25) is 5.91 Å². The van der Waals surface area contributed by atoms with Crippen LogP contribution in [-0.4, -0.2) is 53.1 Å². The molecule has 1 aromatic carbocycles. The lowest BCUT2D eigenvalue weighted by molar-refractivity contribution is -0.131. The number of benzene rings is 1. The summed E-state index contributed by atoms with van der Waals surface area (Å²) in [6.07, 6.45) is 2.24. The molecule has 0 aromatic heterocycles. The molecule has 3 rings (SSSR count). The normalized spacial score (nSPS) is 21.3. The molecule has 1 fully saturated rings. The van der Waals surface area contributed by atoms with E-state index < -0.39 is 10.8 Å². The van der Waals surface area contributed by atoms with Crippen LogP contribution in [0.1, 0.15) is 19.3 Å². The summed E-state index contributed by atoms with van der Waals surface area (Å²) in [5.41, 5.74) is 5.69. The molecule has 23 heavy (non-hydrogen) atoms. The highest BCUT2D eigenvalue weighted by Gasteiger charge is 2.27. The smallest absolute Gasteiger partial charge is 0.223 e. The lowest BCUT2D eigenvalue weighted by Gasteiger charge is -2.23. The van der Waals surface area contributed by atoms with Gasteiger partial charge in [0, 0.05) is 42.3 Å². The molecule has 0 aliphatic carbocycles. The third-order valence-corrected chi connectivity index (χ3v) is 5.60. The van der Waals surface area contributed by atoms with Crippen molar-refractivity contribution in [1.29, 1.82) is 0 Å². The molecule has 1 amide bonds. The minimum atomic E-state index is -1.23. The van der Waals surface area contributed by atoms with Crippen LogP contribution < -0.4 is 15.2 Å². The number of nitrogens with zero attached hydrogens (tertiary/aromatic N) is 1. The molecule has 0 bridgehead atoms. The molecule has 6 nitrogen and oxygen atoms in total. The van der Waals surface area contributed by atoms with E-state index in [4.69, 9.17) is 15.2 Å². The fraction of sp³-hybridized carbons (Fsp3) is 0.562. The number of fused-ring (bicyclic) bond motifs is 1. The van der Waals surface area contributed by atoms with E-state index in [2.05, 4.69) is 0 Å². The Kier molecular flexibility index (Phi) is 5.17. The molecule has 7 heteroatoms. The summed E-state index contributed by atoms with van der Waals surface area (Å²) < 4.78 is 23.4. The summed E-state index contributed by atoms with van der Waals surface area (Å²) in [6.45, 7) is 2.29. The van der Waals surface area contributed by atoms with Crippen molar-refractivity contribution in [1.82, 2.24) is 4.90 Å². The Bertz CT molecular complexity index is 608. The summed E-state index contributed by atoms with van der Waals surface area (Å²) in [5, 5.41) is 0. The molecule has 2 atom stereocenters. The second kappa shape index (κ2) is 7.31. The van der Waals surface area contributed by atoms with Crippen LogP contribution in [-0.2, 0) is 15.6 Å². The number of hydrogen-bond acceptors (Lipinski definition) is 5. The topological polar surface area (TPSA) is 81.9 Å². The van der Waals surface area contributed by atoms with Crippen molar-refractivity contribution in [3.63, 3.8) is 0 Å². The molecule has 1 saturated heterocycles. The molecule has 2 heterocycles. The van der Waals surface area contributed by atoms with Crippen LogP contribution in [0.4, 0.5) is 0 Å². The molecule has 0 radical (unpaired) electrons. The van der Waals surface area contributed by atoms with E-state index in [1.807, 2.05) is 4.90 Å². The van der Waals surface area contributed by atoms with Gasteiger partial charge in [0.25, 0.3) is 0 Å².